The molecular weight excluding hydrogens is 193 g/mol. The van der Waals surface area contributed by atoms with Gasteiger partial charge in [-0.1, -0.05) is 6.07 Å². The Labute approximate surface area is 89.4 Å². The zero-order chi connectivity index (χ0) is 10.9. The monoisotopic (exact) mass is 209 g/mol. The lowest BCUT2D eigenvalue weighted by atomic mass is 10.0. The molecule has 15 heavy (non-hydrogen) atoms. The van der Waals surface area contributed by atoms with Crippen molar-refractivity contribution >= 4 is 0 Å². The van der Waals surface area contributed by atoms with E-state index < -0.39 is 0 Å². The van der Waals surface area contributed by atoms with Crippen molar-refractivity contribution < 1.29 is 9.13 Å². The van der Waals surface area contributed by atoms with Gasteiger partial charge < -0.3 is 10.1 Å². The van der Waals surface area contributed by atoms with Gasteiger partial charge in [0.15, 0.2) is 11.6 Å². The standard InChI is InChI=1S/C12H16FNO/c1-14-12(5-6-12)8-9-3-4-10(13)11(7-9)15-2/h3-4,7,14H,5-6,8H2,1-2H3. The average Bonchev–Trinajstić information content (AvgIpc) is 3.02. The predicted octanol–water partition coefficient (Wildman–Crippen LogP) is 2.13. The van der Waals surface area contributed by atoms with E-state index in [0.717, 1.165) is 12.0 Å². The third kappa shape index (κ3) is 2.12. The normalized spacial score (nSPS) is 17.5. The molecule has 2 rings (SSSR count). The van der Waals surface area contributed by atoms with E-state index in [1.165, 1.54) is 26.0 Å². The summed E-state index contributed by atoms with van der Waals surface area (Å²) in [6, 6.07) is 5.09. The molecule has 1 N–H and O–H groups in total. The van der Waals surface area contributed by atoms with E-state index >= 15 is 0 Å². The highest BCUT2D eigenvalue weighted by molar-refractivity contribution is 5.32. The third-order valence-electron chi connectivity index (χ3n) is 3.14. The SMILES string of the molecule is CNC1(Cc2ccc(F)c(OC)c2)CC1. The van der Waals surface area contributed by atoms with Crippen molar-refractivity contribution in [3.05, 3.63) is 29.6 Å². The number of hydrogen-bond acceptors (Lipinski definition) is 2. The minimum atomic E-state index is -0.296. The summed E-state index contributed by atoms with van der Waals surface area (Å²) >= 11 is 0. The Morgan fingerprint density at radius 1 is 1.47 bits per heavy atom. The summed E-state index contributed by atoms with van der Waals surface area (Å²) < 4.78 is 18.1. The first kappa shape index (κ1) is 10.4. The second kappa shape index (κ2) is 3.81. The van der Waals surface area contributed by atoms with Gasteiger partial charge in [0.1, 0.15) is 0 Å². The first-order valence-corrected chi connectivity index (χ1v) is 5.20. The first-order chi connectivity index (χ1) is 7.19. The van der Waals surface area contributed by atoms with Crippen LogP contribution in [-0.2, 0) is 6.42 Å². The lowest BCUT2D eigenvalue weighted by Crippen LogP contribution is -2.29. The van der Waals surface area contributed by atoms with Gasteiger partial charge in [0.2, 0.25) is 0 Å². The van der Waals surface area contributed by atoms with Crippen molar-refractivity contribution in [2.24, 2.45) is 0 Å². The Hall–Kier alpha value is -1.09. The van der Waals surface area contributed by atoms with Gasteiger partial charge in [0.05, 0.1) is 7.11 Å². The molecule has 82 valence electrons. The molecule has 0 unspecified atom stereocenters. The van der Waals surface area contributed by atoms with Crippen molar-refractivity contribution in [2.45, 2.75) is 24.8 Å². The van der Waals surface area contributed by atoms with Crippen LogP contribution in [0.25, 0.3) is 0 Å². The summed E-state index contributed by atoms with van der Waals surface area (Å²) in [5.41, 5.74) is 1.38. The van der Waals surface area contributed by atoms with E-state index in [0.29, 0.717) is 5.75 Å². The molecule has 2 nitrogen and oxygen atoms in total. The van der Waals surface area contributed by atoms with E-state index in [4.69, 9.17) is 4.74 Å². The fourth-order valence-corrected chi connectivity index (χ4v) is 1.87. The lowest BCUT2D eigenvalue weighted by molar-refractivity contribution is 0.385. The van der Waals surface area contributed by atoms with Crippen molar-refractivity contribution in [2.75, 3.05) is 14.2 Å². The predicted molar refractivity (Wildman–Crippen MR) is 57.7 cm³/mol. The Morgan fingerprint density at radius 3 is 2.73 bits per heavy atom. The maximum atomic E-state index is 13.2. The van der Waals surface area contributed by atoms with Crippen LogP contribution >= 0.6 is 0 Å². The van der Waals surface area contributed by atoms with Crippen molar-refractivity contribution in [3.8, 4) is 5.75 Å². The highest BCUT2D eigenvalue weighted by atomic mass is 19.1. The van der Waals surface area contributed by atoms with Crippen LogP contribution in [0.2, 0.25) is 0 Å². The molecule has 1 fully saturated rings. The fourth-order valence-electron chi connectivity index (χ4n) is 1.87. The number of methoxy groups -OCH3 is 1. The number of rotatable bonds is 4. The molecule has 1 saturated carbocycles. The second-order valence-corrected chi connectivity index (χ2v) is 4.18. The minimum absolute atomic E-state index is 0.253. The number of nitrogens with one attached hydrogen (secondary N) is 1. The summed E-state index contributed by atoms with van der Waals surface area (Å²) in [6.07, 6.45) is 3.34. The van der Waals surface area contributed by atoms with Crippen molar-refractivity contribution in [3.63, 3.8) is 0 Å². The third-order valence-corrected chi connectivity index (χ3v) is 3.14. The van der Waals surface area contributed by atoms with Crippen molar-refractivity contribution in [1.82, 2.24) is 5.32 Å². The largest absolute Gasteiger partial charge is 0.494 e. The number of ether oxygens (including phenoxy) is 1. The quantitative estimate of drug-likeness (QED) is 0.820. The lowest BCUT2D eigenvalue weighted by Gasteiger charge is -2.14. The number of hydrogen-bond donors (Lipinski definition) is 1. The van der Waals surface area contributed by atoms with Crippen LogP contribution in [0.5, 0.6) is 5.75 Å². The first-order valence-electron chi connectivity index (χ1n) is 5.20. The van der Waals surface area contributed by atoms with Gasteiger partial charge in [-0.05, 0) is 44.0 Å². The number of halogens is 1. The minimum Gasteiger partial charge on any atom is -0.494 e. The average molecular weight is 209 g/mol. The van der Waals surface area contributed by atoms with Gasteiger partial charge >= 0.3 is 0 Å². The summed E-state index contributed by atoms with van der Waals surface area (Å²) in [4.78, 5) is 0. The molecule has 0 aliphatic heterocycles. The molecule has 1 aromatic carbocycles. The molecule has 1 aliphatic carbocycles. The van der Waals surface area contributed by atoms with Crippen LogP contribution in [0, 0.1) is 5.82 Å². The molecule has 0 bridgehead atoms. The second-order valence-electron chi connectivity index (χ2n) is 4.18. The van der Waals surface area contributed by atoms with Crippen LogP contribution in [0.15, 0.2) is 18.2 Å². The Balaban J connectivity index is 2.15. The smallest absolute Gasteiger partial charge is 0.165 e. The Morgan fingerprint density at radius 2 is 2.20 bits per heavy atom. The van der Waals surface area contributed by atoms with E-state index in [1.807, 2.05) is 13.1 Å². The zero-order valence-corrected chi connectivity index (χ0v) is 9.14. The molecule has 0 saturated heterocycles. The van der Waals surface area contributed by atoms with E-state index in [1.54, 1.807) is 6.07 Å². The van der Waals surface area contributed by atoms with Crippen LogP contribution in [0.1, 0.15) is 18.4 Å². The molecular formula is C12H16FNO. The van der Waals surface area contributed by atoms with Crippen molar-refractivity contribution in [1.29, 1.82) is 0 Å². The van der Waals surface area contributed by atoms with E-state index in [9.17, 15) is 4.39 Å². The van der Waals surface area contributed by atoms with Gasteiger partial charge in [0.25, 0.3) is 0 Å². The topological polar surface area (TPSA) is 21.3 Å². The van der Waals surface area contributed by atoms with Gasteiger partial charge in [-0.25, -0.2) is 4.39 Å². The molecule has 0 spiro atoms. The van der Waals surface area contributed by atoms with Crippen LogP contribution in [0.3, 0.4) is 0 Å². The summed E-state index contributed by atoms with van der Waals surface area (Å²) in [6.45, 7) is 0. The van der Waals surface area contributed by atoms with Crippen LogP contribution in [0.4, 0.5) is 4.39 Å². The highest BCUT2D eigenvalue weighted by Crippen LogP contribution is 2.38. The molecule has 0 radical (unpaired) electrons. The maximum Gasteiger partial charge on any atom is 0.165 e. The molecule has 3 heteroatoms. The molecule has 0 atom stereocenters. The van der Waals surface area contributed by atoms with E-state index in [2.05, 4.69) is 5.32 Å². The van der Waals surface area contributed by atoms with Gasteiger partial charge in [0, 0.05) is 5.54 Å². The maximum absolute atomic E-state index is 13.2. The Bertz CT molecular complexity index is 361. The summed E-state index contributed by atoms with van der Waals surface area (Å²) in [5, 5.41) is 3.32. The Kier molecular flexibility index (Phi) is 2.65. The molecule has 0 heterocycles. The molecule has 1 aliphatic rings. The number of benzene rings is 1. The molecule has 0 amide bonds. The van der Waals surface area contributed by atoms with E-state index in [-0.39, 0.29) is 11.4 Å². The summed E-state index contributed by atoms with van der Waals surface area (Å²) in [7, 11) is 3.47. The van der Waals surface area contributed by atoms with Crippen LogP contribution in [-0.4, -0.2) is 19.7 Å². The molecule has 1 aromatic rings. The highest BCUT2D eigenvalue weighted by Gasteiger charge is 2.40. The molecule has 0 aromatic heterocycles. The zero-order valence-electron chi connectivity index (χ0n) is 9.14. The summed E-state index contributed by atoms with van der Waals surface area (Å²) in [5.74, 6) is 0.0370. The van der Waals surface area contributed by atoms with Gasteiger partial charge in [-0.3, -0.25) is 0 Å². The van der Waals surface area contributed by atoms with Gasteiger partial charge in [-0.2, -0.15) is 0 Å². The fraction of sp³-hybridized carbons (Fsp3) is 0.500. The van der Waals surface area contributed by atoms with Gasteiger partial charge in [-0.15, -0.1) is 0 Å². The number of likely N-dealkylation sites (N-methyl/N-ethyl adjacent to an activating group) is 1. The van der Waals surface area contributed by atoms with Crippen LogP contribution < -0.4 is 10.1 Å².